The molecule has 2 atom stereocenters. The largest absolute Gasteiger partial charge is 0.352 e. The van der Waals surface area contributed by atoms with Gasteiger partial charge in [0, 0.05) is 18.4 Å². The lowest BCUT2D eigenvalue weighted by atomic mass is 10.0. The van der Waals surface area contributed by atoms with E-state index in [1.807, 2.05) is 0 Å². The number of allylic oxidation sites excluding steroid dienone is 2. The van der Waals surface area contributed by atoms with Crippen molar-refractivity contribution in [2.45, 2.75) is 26.1 Å². The zero-order valence-corrected chi connectivity index (χ0v) is 11.0. The summed E-state index contributed by atoms with van der Waals surface area (Å²) in [5.41, 5.74) is 1.32. The number of anilines is 1. The van der Waals surface area contributed by atoms with Gasteiger partial charge in [-0.2, -0.15) is 0 Å². The third-order valence-electron chi connectivity index (χ3n) is 3.88. The van der Waals surface area contributed by atoms with Crippen LogP contribution in [0.5, 0.6) is 0 Å². The Labute approximate surface area is 109 Å². The maximum Gasteiger partial charge on any atom is 0.121 e. The van der Waals surface area contributed by atoms with Crippen LogP contribution >= 0.6 is 0 Å². The van der Waals surface area contributed by atoms with Gasteiger partial charge in [-0.1, -0.05) is 38.1 Å². The second-order valence-corrected chi connectivity index (χ2v) is 5.39. The number of hydrogen-bond donors (Lipinski definition) is 0. The van der Waals surface area contributed by atoms with Gasteiger partial charge in [0.05, 0.1) is 6.04 Å². The Morgan fingerprint density at radius 1 is 1.11 bits per heavy atom. The number of hydrogen-bond acceptors (Lipinski definition) is 2. The fraction of sp³-hybridized carbons (Fsp3) is 0.375. The Kier molecular flexibility index (Phi) is 2.86. The van der Waals surface area contributed by atoms with Crippen molar-refractivity contribution in [3.63, 3.8) is 0 Å². The minimum atomic E-state index is 0.379. The van der Waals surface area contributed by atoms with Gasteiger partial charge in [-0.15, -0.1) is 0 Å². The maximum atomic E-state index is 2.55. The molecule has 2 nitrogen and oxygen atoms in total. The molecule has 0 radical (unpaired) electrons. The molecule has 3 rings (SSSR count). The van der Waals surface area contributed by atoms with Gasteiger partial charge in [0.1, 0.15) is 6.17 Å². The average Bonchev–Trinajstić information content (AvgIpc) is 2.79. The van der Waals surface area contributed by atoms with Crippen molar-refractivity contribution < 1.29 is 0 Å². The van der Waals surface area contributed by atoms with E-state index in [1.165, 1.54) is 5.69 Å². The van der Waals surface area contributed by atoms with Gasteiger partial charge in [-0.3, -0.25) is 0 Å². The molecule has 2 aliphatic heterocycles. The molecule has 0 aliphatic carbocycles. The van der Waals surface area contributed by atoms with Crippen molar-refractivity contribution in [1.82, 2.24) is 4.90 Å². The van der Waals surface area contributed by atoms with E-state index in [2.05, 4.69) is 78.4 Å². The molecule has 2 heteroatoms. The molecule has 1 aromatic carbocycles. The number of fused-ring (bicyclic) bond motifs is 1. The summed E-state index contributed by atoms with van der Waals surface area (Å²) >= 11 is 0. The third kappa shape index (κ3) is 1.82. The minimum absolute atomic E-state index is 0.379. The van der Waals surface area contributed by atoms with E-state index >= 15 is 0 Å². The Morgan fingerprint density at radius 3 is 2.61 bits per heavy atom. The fourth-order valence-corrected chi connectivity index (χ4v) is 2.92. The lowest BCUT2D eigenvalue weighted by Crippen LogP contribution is -2.40. The lowest BCUT2D eigenvalue weighted by Gasteiger charge is -2.33. The van der Waals surface area contributed by atoms with Crippen LogP contribution in [0.15, 0.2) is 54.8 Å². The Balaban J connectivity index is 1.98. The number of para-hydroxylation sites is 1. The van der Waals surface area contributed by atoms with Crippen molar-refractivity contribution in [3.05, 3.63) is 54.8 Å². The van der Waals surface area contributed by atoms with Crippen molar-refractivity contribution >= 4 is 5.69 Å². The van der Waals surface area contributed by atoms with Crippen molar-refractivity contribution in [3.8, 4) is 0 Å². The Bertz CT molecular complexity index is 461. The molecular weight excluding hydrogens is 220 g/mol. The molecule has 0 bridgehead atoms. The van der Waals surface area contributed by atoms with Gasteiger partial charge in [-0.05, 0) is 30.2 Å². The quantitative estimate of drug-likeness (QED) is 0.783. The molecule has 0 saturated carbocycles. The number of rotatable bonds is 2. The summed E-state index contributed by atoms with van der Waals surface area (Å²) in [6, 6.07) is 11.3. The minimum Gasteiger partial charge on any atom is -0.352 e. The van der Waals surface area contributed by atoms with Gasteiger partial charge >= 0.3 is 0 Å². The fourth-order valence-electron chi connectivity index (χ4n) is 2.92. The van der Waals surface area contributed by atoms with Gasteiger partial charge in [-0.25, -0.2) is 0 Å². The van der Waals surface area contributed by atoms with E-state index in [0.717, 1.165) is 6.54 Å². The van der Waals surface area contributed by atoms with E-state index in [0.29, 0.717) is 18.1 Å². The lowest BCUT2D eigenvalue weighted by molar-refractivity contribution is 0.386. The van der Waals surface area contributed by atoms with Crippen molar-refractivity contribution in [2.24, 2.45) is 5.92 Å². The van der Waals surface area contributed by atoms with Crippen molar-refractivity contribution in [1.29, 1.82) is 0 Å². The normalized spacial score (nSPS) is 25.9. The van der Waals surface area contributed by atoms with E-state index in [1.54, 1.807) is 0 Å². The highest BCUT2D eigenvalue weighted by molar-refractivity contribution is 5.51. The smallest absolute Gasteiger partial charge is 0.121 e. The summed E-state index contributed by atoms with van der Waals surface area (Å²) in [4.78, 5) is 4.97. The predicted molar refractivity (Wildman–Crippen MR) is 76.3 cm³/mol. The Hall–Kier alpha value is -1.70. The Morgan fingerprint density at radius 2 is 1.89 bits per heavy atom. The molecule has 1 fully saturated rings. The molecule has 0 amide bonds. The maximum absolute atomic E-state index is 2.55. The van der Waals surface area contributed by atoms with Crippen LogP contribution in [-0.2, 0) is 0 Å². The van der Waals surface area contributed by atoms with Gasteiger partial charge < -0.3 is 9.80 Å². The summed E-state index contributed by atoms with van der Waals surface area (Å²) < 4.78 is 0. The third-order valence-corrected chi connectivity index (χ3v) is 3.88. The number of benzene rings is 1. The molecule has 94 valence electrons. The molecule has 18 heavy (non-hydrogen) atoms. The summed E-state index contributed by atoms with van der Waals surface area (Å²) in [6.45, 7) is 5.73. The van der Waals surface area contributed by atoms with Crippen LogP contribution in [0.1, 0.15) is 13.8 Å². The molecule has 1 aromatic rings. The predicted octanol–water partition coefficient (Wildman–Crippen LogP) is 3.24. The molecule has 0 aromatic heterocycles. The highest BCUT2D eigenvalue weighted by Gasteiger charge is 2.38. The number of nitrogens with zero attached hydrogens (tertiary/aromatic N) is 2. The van der Waals surface area contributed by atoms with Crippen LogP contribution in [0.25, 0.3) is 0 Å². The standard InChI is InChI=1S/C16H20N2/c1-13(2)15-12-17-11-7-6-10-16(17)18(15)14-8-4-3-5-9-14/h3-11,13,15-16H,12H2,1-2H3. The molecule has 0 spiro atoms. The van der Waals surface area contributed by atoms with Crippen LogP contribution in [0.4, 0.5) is 5.69 Å². The highest BCUT2D eigenvalue weighted by atomic mass is 15.4. The van der Waals surface area contributed by atoms with Crippen molar-refractivity contribution in [2.75, 3.05) is 11.4 Å². The zero-order valence-electron chi connectivity index (χ0n) is 11.0. The van der Waals surface area contributed by atoms with E-state index in [9.17, 15) is 0 Å². The molecule has 0 N–H and O–H groups in total. The first-order valence-corrected chi connectivity index (χ1v) is 6.71. The van der Waals surface area contributed by atoms with Gasteiger partial charge in [0.2, 0.25) is 0 Å². The zero-order chi connectivity index (χ0) is 12.5. The SMILES string of the molecule is CC(C)C1CN2C=CC=CC2N1c1ccccc1. The van der Waals surface area contributed by atoms with E-state index in [4.69, 9.17) is 0 Å². The first kappa shape index (κ1) is 11.4. The van der Waals surface area contributed by atoms with Crippen LogP contribution in [0, 0.1) is 5.92 Å². The molecule has 1 saturated heterocycles. The van der Waals surface area contributed by atoms with E-state index < -0.39 is 0 Å². The van der Waals surface area contributed by atoms with E-state index in [-0.39, 0.29) is 0 Å². The topological polar surface area (TPSA) is 6.48 Å². The molecule has 2 aliphatic rings. The second kappa shape index (κ2) is 4.52. The van der Waals surface area contributed by atoms with Crippen LogP contribution in [-0.4, -0.2) is 23.7 Å². The summed E-state index contributed by atoms with van der Waals surface area (Å²) in [5.74, 6) is 0.651. The monoisotopic (exact) mass is 240 g/mol. The van der Waals surface area contributed by atoms with Gasteiger partial charge in [0.15, 0.2) is 0 Å². The average molecular weight is 240 g/mol. The highest BCUT2D eigenvalue weighted by Crippen LogP contribution is 2.33. The summed E-state index contributed by atoms with van der Waals surface area (Å²) in [5, 5.41) is 0. The molecule has 2 unspecified atom stereocenters. The van der Waals surface area contributed by atoms with Crippen LogP contribution in [0.3, 0.4) is 0 Å². The van der Waals surface area contributed by atoms with Crippen LogP contribution in [0.2, 0.25) is 0 Å². The molecule has 2 heterocycles. The summed E-state index contributed by atoms with van der Waals surface area (Å²) in [7, 11) is 0. The first-order chi connectivity index (χ1) is 8.77. The van der Waals surface area contributed by atoms with Gasteiger partial charge in [0.25, 0.3) is 0 Å². The van der Waals surface area contributed by atoms with Crippen LogP contribution < -0.4 is 4.90 Å². The summed E-state index contributed by atoms with van der Waals surface area (Å²) in [6.07, 6.45) is 9.16. The second-order valence-electron chi connectivity index (χ2n) is 5.39. The first-order valence-electron chi connectivity index (χ1n) is 6.71. The molecular formula is C16H20N2.